The highest BCUT2D eigenvalue weighted by molar-refractivity contribution is 5.79. The third-order valence-corrected chi connectivity index (χ3v) is 4.84. The number of ether oxygens (including phenoxy) is 1. The van der Waals surface area contributed by atoms with Crippen molar-refractivity contribution in [3.8, 4) is 0 Å². The van der Waals surface area contributed by atoms with Gasteiger partial charge in [0.05, 0.1) is 19.8 Å². The van der Waals surface area contributed by atoms with Crippen LogP contribution in [0.3, 0.4) is 0 Å². The lowest BCUT2D eigenvalue weighted by Gasteiger charge is -2.26. The minimum atomic E-state index is 0.789. The number of morpholine rings is 1. The van der Waals surface area contributed by atoms with Crippen LogP contribution in [0.5, 0.6) is 0 Å². The lowest BCUT2D eigenvalue weighted by atomic mass is 10.2. The molecule has 0 aromatic heterocycles. The summed E-state index contributed by atoms with van der Waals surface area (Å²) in [6, 6.07) is 0.789. The first-order chi connectivity index (χ1) is 11.3. The van der Waals surface area contributed by atoms with Crippen molar-refractivity contribution in [1.29, 1.82) is 0 Å². The van der Waals surface area contributed by atoms with Crippen LogP contribution < -0.4 is 10.6 Å². The van der Waals surface area contributed by atoms with Crippen molar-refractivity contribution in [3.05, 3.63) is 0 Å². The highest BCUT2D eigenvalue weighted by atomic mass is 16.5. The molecular formula is C17H35N5O. The molecule has 0 amide bonds. The summed E-state index contributed by atoms with van der Waals surface area (Å²) >= 11 is 0. The van der Waals surface area contributed by atoms with Crippen LogP contribution in [0.15, 0.2) is 4.99 Å². The SMILES string of the molecule is CCNC(=NCCN1CCOCC1)NCCN(C)C1CCCC1. The van der Waals surface area contributed by atoms with E-state index >= 15 is 0 Å². The molecule has 2 aliphatic rings. The van der Waals surface area contributed by atoms with E-state index in [1.165, 1.54) is 25.7 Å². The van der Waals surface area contributed by atoms with E-state index in [0.29, 0.717) is 0 Å². The third-order valence-electron chi connectivity index (χ3n) is 4.84. The van der Waals surface area contributed by atoms with Gasteiger partial charge < -0.3 is 20.3 Å². The van der Waals surface area contributed by atoms with Crippen molar-refractivity contribution in [1.82, 2.24) is 20.4 Å². The van der Waals surface area contributed by atoms with Gasteiger partial charge in [0.15, 0.2) is 5.96 Å². The fraction of sp³-hybridized carbons (Fsp3) is 0.941. The molecule has 1 aliphatic heterocycles. The van der Waals surface area contributed by atoms with Gasteiger partial charge in [-0.25, -0.2) is 0 Å². The number of nitrogens with zero attached hydrogens (tertiary/aromatic N) is 3. The molecule has 0 aromatic carbocycles. The fourth-order valence-electron chi connectivity index (χ4n) is 3.35. The summed E-state index contributed by atoms with van der Waals surface area (Å²) in [6.45, 7) is 10.7. The molecule has 1 saturated carbocycles. The number of aliphatic imine (C=N–C) groups is 1. The minimum Gasteiger partial charge on any atom is -0.379 e. The summed E-state index contributed by atoms with van der Waals surface area (Å²) in [5.41, 5.74) is 0. The Morgan fingerprint density at radius 3 is 2.65 bits per heavy atom. The summed E-state index contributed by atoms with van der Waals surface area (Å²) in [5.74, 6) is 0.945. The first kappa shape index (κ1) is 18.5. The maximum Gasteiger partial charge on any atom is 0.191 e. The van der Waals surface area contributed by atoms with Crippen LogP contribution >= 0.6 is 0 Å². The molecule has 6 nitrogen and oxygen atoms in total. The Hall–Kier alpha value is -0.850. The Kier molecular flexibility index (Phi) is 8.71. The van der Waals surface area contributed by atoms with Gasteiger partial charge in [0.1, 0.15) is 0 Å². The molecule has 1 heterocycles. The zero-order valence-corrected chi connectivity index (χ0v) is 15.0. The van der Waals surface area contributed by atoms with Gasteiger partial charge in [-0.3, -0.25) is 9.89 Å². The largest absolute Gasteiger partial charge is 0.379 e. The van der Waals surface area contributed by atoms with E-state index in [-0.39, 0.29) is 0 Å². The van der Waals surface area contributed by atoms with Gasteiger partial charge in [0.25, 0.3) is 0 Å². The zero-order chi connectivity index (χ0) is 16.3. The van der Waals surface area contributed by atoms with E-state index in [1.54, 1.807) is 0 Å². The van der Waals surface area contributed by atoms with E-state index in [1.807, 2.05) is 0 Å². The predicted molar refractivity (Wildman–Crippen MR) is 96.1 cm³/mol. The predicted octanol–water partition coefficient (Wildman–Crippen LogP) is 0.748. The van der Waals surface area contributed by atoms with Crippen molar-refractivity contribution >= 4 is 5.96 Å². The summed E-state index contributed by atoms with van der Waals surface area (Å²) in [5, 5.41) is 6.81. The average molecular weight is 326 g/mol. The number of nitrogens with one attached hydrogen (secondary N) is 2. The molecule has 1 aliphatic carbocycles. The van der Waals surface area contributed by atoms with E-state index in [4.69, 9.17) is 9.73 Å². The van der Waals surface area contributed by atoms with Crippen molar-refractivity contribution in [2.45, 2.75) is 38.6 Å². The Balaban J connectivity index is 1.64. The van der Waals surface area contributed by atoms with Crippen molar-refractivity contribution in [2.24, 2.45) is 4.99 Å². The third kappa shape index (κ3) is 7.06. The van der Waals surface area contributed by atoms with E-state index in [9.17, 15) is 0 Å². The molecule has 134 valence electrons. The van der Waals surface area contributed by atoms with E-state index in [0.717, 1.165) is 71.0 Å². The first-order valence-corrected chi connectivity index (χ1v) is 9.32. The number of likely N-dealkylation sites (N-methyl/N-ethyl adjacent to an activating group) is 1. The van der Waals surface area contributed by atoms with Crippen LogP contribution in [0.2, 0.25) is 0 Å². The zero-order valence-electron chi connectivity index (χ0n) is 15.0. The molecule has 0 atom stereocenters. The van der Waals surface area contributed by atoms with E-state index < -0.39 is 0 Å². The highest BCUT2D eigenvalue weighted by Gasteiger charge is 2.18. The first-order valence-electron chi connectivity index (χ1n) is 9.32. The molecular weight excluding hydrogens is 290 g/mol. The molecule has 2 N–H and O–H groups in total. The highest BCUT2D eigenvalue weighted by Crippen LogP contribution is 2.21. The van der Waals surface area contributed by atoms with Crippen molar-refractivity contribution < 1.29 is 4.74 Å². The van der Waals surface area contributed by atoms with Crippen LogP contribution in [-0.2, 0) is 4.74 Å². The van der Waals surface area contributed by atoms with Crippen LogP contribution in [0.25, 0.3) is 0 Å². The van der Waals surface area contributed by atoms with Gasteiger partial charge in [0.2, 0.25) is 0 Å². The lowest BCUT2D eigenvalue weighted by Crippen LogP contribution is -2.43. The number of hydrogen-bond acceptors (Lipinski definition) is 4. The molecule has 0 aromatic rings. The van der Waals surface area contributed by atoms with E-state index in [2.05, 4.69) is 34.4 Å². The molecule has 1 saturated heterocycles. The van der Waals surface area contributed by atoms with Gasteiger partial charge in [-0.1, -0.05) is 12.8 Å². The number of rotatable bonds is 8. The van der Waals surface area contributed by atoms with Crippen molar-refractivity contribution in [2.75, 3.05) is 66.1 Å². The normalized spacial score (nSPS) is 21.1. The van der Waals surface area contributed by atoms with Crippen LogP contribution in [0.4, 0.5) is 0 Å². The quantitative estimate of drug-likeness (QED) is 0.509. The standard InChI is InChI=1S/C17H35N5O/c1-3-18-17(20-9-11-22-12-14-23-15-13-22)19-8-10-21(2)16-6-4-5-7-16/h16H,3-15H2,1-2H3,(H2,18,19,20). The summed E-state index contributed by atoms with van der Waals surface area (Å²) < 4.78 is 5.38. The second-order valence-electron chi connectivity index (χ2n) is 6.56. The molecule has 0 unspecified atom stereocenters. The number of hydrogen-bond donors (Lipinski definition) is 2. The second-order valence-corrected chi connectivity index (χ2v) is 6.56. The van der Waals surface area contributed by atoms with Crippen LogP contribution in [0.1, 0.15) is 32.6 Å². The monoisotopic (exact) mass is 325 g/mol. The smallest absolute Gasteiger partial charge is 0.191 e. The maximum absolute atomic E-state index is 5.38. The molecule has 2 fully saturated rings. The molecule has 2 rings (SSSR count). The average Bonchev–Trinajstić information content (AvgIpc) is 3.10. The molecule has 0 spiro atoms. The Morgan fingerprint density at radius 1 is 1.22 bits per heavy atom. The molecule has 0 radical (unpaired) electrons. The molecule has 23 heavy (non-hydrogen) atoms. The molecule has 0 bridgehead atoms. The minimum absolute atomic E-state index is 0.789. The second kappa shape index (κ2) is 10.8. The van der Waals surface area contributed by atoms with Gasteiger partial charge in [-0.2, -0.15) is 0 Å². The fourth-order valence-corrected chi connectivity index (χ4v) is 3.35. The summed E-state index contributed by atoms with van der Waals surface area (Å²) in [4.78, 5) is 9.61. The topological polar surface area (TPSA) is 52.1 Å². The Morgan fingerprint density at radius 2 is 1.96 bits per heavy atom. The number of guanidine groups is 1. The van der Waals surface area contributed by atoms with Gasteiger partial charge in [0, 0.05) is 45.3 Å². The van der Waals surface area contributed by atoms with Crippen molar-refractivity contribution in [3.63, 3.8) is 0 Å². The molecule has 6 heteroatoms. The lowest BCUT2D eigenvalue weighted by molar-refractivity contribution is 0.0394. The van der Waals surface area contributed by atoms with Crippen LogP contribution in [-0.4, -0.2) is 87.9 Å². The van der Waals surface area contributed by atoms with Gasteiger partial charge in [-0.15, -0.1) is 0 Å². The van der Waals surface area contributed by atoms with Crippen LogP contribution in [0, 0.1) is 0 Å². The van der Waals surface area contributed by atoms with Gasteiger partial charge in [-0.05, 0) is 26.8 Å². The summed E-state index contributed by atoms with van der Waals surface area (Å²) in [7, 11) is 2.25. The summed E-state index contributed by atoms with van der Waals surface area (Å²) in [6.07, 6.45) is 5.52. The Bertz CT molecular complexity index is 338. The maximum atomic E-state index is 5.38. The van der Waals surface area contributed by atoms with Gasteiger partial charge >= 0.3 is 0 Å². The Labute approximate surface area is 141 Å².